The van der Waals surface area contributed by atoms with Gasteiger partial charge in [0.15, 0.2) is 0 Å². The van der Waals surface area contributed by atoms with E-state index in [-0.39, 0.29) is 11.9 Å². The molecular weight excluding hydrogens is 349 g/mol. The van der Waals surface area contributed by atoms with E-state index in [1.54, 1.807) is 6.07 Å². The summed E-state index contributed by atoms with van der Waals surface area (Å²) in [7, 11) is 0. The second kappa shape index (κ2) is 8.79. The van der Waals surface area contributed by atoms with Crippen molar-refractivity contribution in [2.75, 3.05) is 11.9 Å². The molecule has 146 valence electrons. The average molecular weight is 378 g/mol. The molecule has 3 rings (SSSR count). The van der Waals surface area contributed by atoms with Gasteiger partial charge in [0.2, 0.25) is 0 Å². The Morgan fingerprint density at radius 1 is 1.18 bits per heavy atom. The van der Waals surface area contributed by atoms with Crippen LogP contribution in [0.1, 0.15) is 43.0 Å². The molecule has 0 saturated heterocycles. The number of nitrogens with one attached hydrogen (secondary N) is 3. The van der Waals surface area contributed by atoms with Crippen molar-refractivity contribution >= 4 is 11.4 Å². The zero-order chi connectivity index (χ0) is 20.1. The summed E-state index contributed by atoms with van der Waals surface area (Å²) in [6, 6.07) is 13.2. The van der Waals surface area contributed by atoms with Gasteiger partial charge in [-0.2, -0.15) is 0 Å². The zero-order valence-electron chi connectivity index (χ0n) is 16.8. The molecule has 2 aromatic rings. The van der Waals surface area contributed by atoms with Gasteiger partial charge in [-0.25, -0.2) is 4.39 Å². The van der Waals surface area contributed by atoms with E-state index < -0.39 is 0 Å². The molecule has 1 aliphatic rings. The van der Waals surface area contributed by atoms with Gasteiger partial charge in [0.1, 0.15) is 5.82 Å². The van der Waals surface area contributed by atoms with Gasteiger partial charge in [-0.05, 0) is 61.7 Å². The standard InChI is InChI=1S/C24H28FN3/c1-5-12-26-23-11-10-19(25)14-22(23)18(4)28-20-13-17(3)27-24(15-20)21-9-7-6-8-16(21)2/h6-11,13-15,24,26-28H,4-5,12H2,1-3H3. The van der Waals surface area contributed by atoms with Crippen LogP contribution in [-0.4, -0.2) is 6.54 Å². The number of rotatable bonds is 7. The Morgan fingerprint density at radius 2 is 1.96 bits per heavy atom. The van der Waals surface area contributed by atoms with E-state index in [1.165, 1.54) is 23.3 Å². The van der Waals surface area contributed by atoms with Gasteiger partial charge >= 0.3 is 0 Å². The van der Waals surface area contributed by atoms with Crippen molar-refractivity contribution in [1.82, 2.24) is 10.6 Å². The largest absolute Gasteiger partial charge is 0.385 e. The minimum atomic E-state index is -0.274. The molecule has 0 aromatic heterocycles. The Bertz CT molecular complexity index is 927. The summed E-state index contributed by atoms with van der Waals surface area (Å²) in [5.74, 6) is -0.274. The fourth-order valence-corrected chi connectivity index (χ4v) is 3.39. The number of anilines is 1. The van der Waals surface area contributed by atoms with Crippen LogP contribution in [0.5, 0.6) is 0 Å². The van der Waals surface area contributed by atoms with Crippen molar-refractivity contribution < 1.29 is 4.39 Å². The van der Waals surface area contributed by atoms with E-state index in [0.717, 1.165) is 35.6 Å². The molecule has 0 radical (unpaired) electrons. The first-order valence-electron chi connectivity index (χ1n) is 9.70. The van der Waals surface area contributed by atoms with Gasteiger partial charge in [0, 0.05) is 34.9 Å². The van der Waals surface area contributed by atoms with E-state index in [0.29, 0.717) is 5.70 Å². The van der Waals surface area contributed by atoms with E-state index in [2.05, 4.69) is 60.7 Å². The number of halogens is 1. The van der Waals surface area contributed by atoms with Crippen LogP contribution in [0.4, 0.5) is 10.1 Å². The smallest absolute Gasteiger partial charge is 0.124 e. The van der Waals surface area contributed by atoms with Crippen molar-refractivity contribution in [2.24, 2.45) is 0 Å². The molecule has 2 aromatic carbocycles. The molecule has 1 aliphatic heterocycles. The monoisotopic (exact) mass is 377 g/mol. The topological polar surface area (TPSA) is 36.1 Å². The summed E-state index contributed by atoms with van der Waals surface area (Å²) < 4.78 is 13.9. The molecule has 1 atom stereocenters. The highest BCUT2D eigenvalue weighted by atomic mass is 19.1. The predicted molar refractivity (Wildman–Crippen MR) is 116 cm³/mol. The number of hydrogen-bond donors (Lipinski definition) is 3. The summed E-state index contributed by atoms with van der Waals surface area (Å²) in [6.07, 6.45) is 5.17. The van der Waals surface area contributed by atoms with Crippen LogP contribution >= 0.6 is 0 Å². The SMILES string of the molecule is C=C(NC1=CC(c2ccccc2C)NC(C)=C1)c1cc(F)ccc1NCCC. The minimum Gasteiger partial charge on any atom is -0.385 e. The Hall–Kier alpha value is -3.01. The molecule has 1 heterocycles. The highest BCUT2D eigenvalue weighted by Crippen LogP contribution is 2.27. The van der Waals surface area contributed by atoms with Gasteiger partial charge in [-0.15, -0.1) is 0 Å². The number of aryl methyl sites for hydroxylation is 1. The number of benzene rings is 2. The van der Waals surface area contributed by atoms with Crippen LogP contribution in [0.15, 0.2) is 72.6 Å². The van der Waals surface area contributed by atoms with Crippen molar-refractivity contribution in [2.45, 2.75) is 33.2 Å². The molecule has 4 heteroatoms. The van der Waals surface area contributed by atoms with Crippen LogP contribution in [0, 0.1) is 12.7 Å². The molecule has 0 amide bonds. The van der Waals surface area contributed by atoms with Crippen LogP contribution < -0.4 is 16.0 Å². The Balaban J connectivity index is 1.85. The van der Waals surface area contributed by atoms with Gasteiger partial charge in [0.05, 0.1) is 6.04 Å². The molecule has 0 saturated carbocycles. The molecule has 0 fully saturated rings. The normalized spacial score (nSPS) is 15.9. The molecule has 0 spiro atoms. The maximum absolute atomic E-state index is 13.9. The fourth-order valence-electron chi connectivity index (χ4n) is 3.39. The number of hydrogen-bond acceptors (Lipinski definition) is 3. The highest BCUT2D eigenvalue weighted by Gasteiger charge is 2.17. The summed E-state index contributed by atoms with van der Waals surface area (Å²) >= 11 is 0. The van der Waals surface area contributed by atoms with Crippen molar-refractivity contribution in [3.63, 3.8) is 0 Å². The quantitative estimate of drug-likeness (QED) is 0.584. The summed E-state index contributed by atoms with van der Waals surface area (Å²) in [5, 5.41) is 10.2. The zero-order valence-corrected chi connectivity index (χ0v) is 16.8. The maximum atomic E-state index is 13.9. The third-order valence-electron chi connectivity index (χ3n) is 4.79. The van der Waals surface area contributed by atoms with Gasteiger partial charge in [0.25, 0.3) is 0 Å². The Kier molecular flexibility index (Phi) is 6.19. The van der Waals surface area contributed by atoms with Crippen molar-refractivity contribution in [1.29, 1.82) is 0 Å². The number of allylic oxidation sites excluding steroid dienone is 2. The van der Waals surface area contributed by atoms with E-state index in [1.807, 2.05) is 19.1 Å². The third-order valence-corrected chi connectivity index (χ3v) is 4.79. The first-order valence-corrected chi connectivity index (χ1v) is 9.70. The van der Waals surface area contributed by atoms with E-state index >= 15 is 0 Å². The van der Waals surface area contributed by atoms with Gasteiger partial charge in [-0.3, -0.25) is 0 Å². The first-order chi connectivity index (χ1) is 13.5. The predicted octanol–water partition coefficient (Wildman–Crippen LogP) is 5.65. The maximum Gasteiger partial charge on any atom is 0.124 e. The van der Waals surface area contributed by atoms with Crippen LogP contribution in [0.3, 0.4) is 0 Å². The van der Waals surface area contributed by atoms with Crippen molar-refractivity contribution in [3.8, 4) is 0 Å². The van der Waals surface area contributed by atoms with Crippen LogP contribution in [0.2, 0.25) is 0 Å². The lowest BCUT2D eigenvalue weighted by molar-refractivity contribution is 0.627. The summed E-state index contributed by atoms with van der Waals surface area (Å²) in [5.41, 5.74) is 6.77. The summed E-state index contributed by atoms with van der Waals surface area (Å²) in [6.45, 7) is 11.2. The van der Waals surface area contributed by atoms with E-state index in [4.69, 9.17) is 0 Å². The second-order valence-corrected chi connectivity index (χ2v) is 7.15. The Morgan fingerprint density at radius 3 is 2.71 bits per heavy atom. The minimum absolute atomic E-state index is 0.0756. The van der Waals surface area contributed by atoms with Crippen molar-refractivity contribution in [3.05, 3.63) is 95.1 Å². The summed E-state index contributed by atoms with van der Waals surface area (Å²) in [4.78, 5) is 0. The lowest BCUT2D eigenvalue weighted by Gasteiger charge is -2.26. The molecule has 0 bridgehead atoms. The third kappa shape index (κ3) is 4.63. The lowest BCUT2D eigenvalue weighted by atomic mass is 9.98. The average Bonchev–Trinajstić information content (AvgIpc) is 2.66. The lowest BCUT2D eigenvalue weighted by Crippen LogP contribution is -2.25. The van der Waals surface area contributed by atoms with Crippen LogP contribution in [-0.2, 0) is 0 Å². The molecule has 28 heavy (non-hydrogen) atoms. The second-order valence-electron chi connectivity index (χ2n) is 7.15. The highest BCUT2D eigenvalue weighted by molar-refractivity contribution is 5.75. The molecule has 0 aliphatic carbocycles. The molecule has 3 nitrogen and oxygen atoms in total. The van der Waals surface area contributed by atoms with Gasteiger partial charge in [-0.1, -0.05) is 37.8 Å². The Labute approximate surface area is 167 Å². The molecular formula is C24H28FN3. The van der Waals surface area contributed by atoms with Gasteiger partial charge < -0.3 is 16.0 Å². The van der Waals surface area contributed by atoms with E-state index in [9.17, 15) is 4.39 Å². The molecule has 3 N–H and O–H groups in total. The number of dihydropyridines is 1. The van der Waals surface area contributed by atoms with Crippen LogP contribution in [0.25, 0.3) is 5.70 Å². The first kappa shape index (κ1) is 19.7. The molecule has 1 unspecified atom stereocenters. The fraction of sp³-hybridized carbons (Fsp3) is 0.250.